The Morgan fingerprint density at radius 2 is 2.00 bits per heavy atom. The normalized spacial score (nSPS) is 10.2. The van der Waals surface area contributed by atoms with E-state index < -0.39 is 12.6 Å². The van der Waals surface area contributed by atoms with E-state index in [1.807, 2.05) is 20.8 Å². The number of ether oxygens (including phenoxy) is 1. The highest BCUT2D eigenvalue weighted by molar-refractivity contribution is 5.65. The molecule has 1 aromatic rings. The number of anilines is 2. The van der Waals surface area contributed by atoms with Crippen molar-refractivity contribution in [3.8, 4) is 6.01 Å². The Labute approximate surface area is 105 Å². The van der Waals surface area contributed by atoms with E-state index in [0.29, 0.717) is 18.4 Å². The Morgan fingerprint density at radius 3 is 2.56 bits per heavy atom. The lowest BCUT2D eigenvalue weighted by Crippen LogP contribution is -2.29. The molecule has 1 heterocycles. The fourth-order valence-corrected chi connectivity index (χ4v) is 1.10. The number of rotatable bonds is 7. The summed E-state index contributed by atoms with van der Waals surface area (Å²) >= 11 is 0. The van der Waals surface area contributed by atoms with Crippen molar-refractivity contribution in [3.63, 3.8) is 0 Å². The molecule has 100 valence electrons. The Morgan fingerprint density at radius 1 is 1.33 bits per heavy atom. The highest BCUT2D eigenvalue weighted by Crippen LogP contribution is 2.11. The lowest BCUT2D eigenvalue weighted by Gasteiger charge is -2.11. The Bertz CT molecular complexity index is 410. The second kappa shape index (κ2) is 6.58. The van der Waals surface area contributed by atoms with Gasteiger partial charge < -0.3 is 25.3 Å². The van der Waals surface area contributed by atoms with E-state index >= 15 is 0 Å². The molecule has 0 bridgehead atoms. The predicted molar refractivity (Wildman–Crippen MR) is 63.3 cm³/mol. The van der Waals surface area contributed by atoms with Crippen LogP contribution in [0.15, 0.2) is 0 Å². The second-order valence-corrected chi connectivity index (χ2v) is 3.76. The van der Waals surface area contributed by atoms with Crippen LogP contribution in [0, 0.1) is 0 Å². The molecule has 0 aromatic carbocycles. The van der Waals surface area contributed by atoms with Crippen LogP contribution in [0.2, 0.25) is 0 Å². The number of carboxylic acid groups (broad SMARTS) is 1. The predicted octanol–water partition coefficient (Wildman–Crippen LogP) is -0.748. The summed E-state index contributed by atoms with van der Waals surface area (Å²) in [7, 11) is 0. The summed E-state index contributed by atoms with van der Waals surface area (Å²) in [5.41, 5.74) is 0. The minimum atomic E-state index is -1.33. The summed E-state index contributed by atoms with van der Waals surface area (Å²) in [6, 6.07) is 0.0733. The highest BCUT2D eigenvalue weighted by Gasteiger charge is 2.08. The summed E-state index contributed by atoms with van der Waals surface area (Å²) in [4.78, 5) is 22.3. The molecule has 8 heteroatoms. The largest absolute Gasteiger partial charge is 0.546 e. The van der Waals surface area contributed by atoms with Crippen molar-refractivity contribution in [2.75, 3.05) is 23.8 Å². The van der Waals surface area contributed by atoms with Gasteiger partial charge in [-0.15, -0.1) is 0 Å². The molecular weight excluding hydrogens is 238 g/mol. The molecule has 18 heavy (non-hydrogen) atoms. The molecule has 0 aliphatic carbocycles. The van der Waals surface area contributed by atoms with Crippen LogP contribution in [-0.2, 0) is 4.79 Å². The molecule has 2 N–H and O–H groups in total. The molecular formula is C10H16N5O3-. The van der Waals surface area contributed by atoms with Crippen molar-refractivity contribution < 1.29 is 14.6 Å². The number of hydrogen-bond acceptors (Lipinski definition) is 8. The third-order valence-electron chi connectivity index (χ3n) is 1.69. The summed E-state index contributed by atoms with van der Waals surface area (Å²) in [5.74, 6) is -0.688. The monoisotopic (exact) mass is 254 g/mol. The molecule has 0 aliphatic rings. The van der Waals surface area contributed by atoms with Crippen LogP contribution in [0.5, 0.6) is 6.01 Å². The van der Waals surface area contributed by atoms with Gasteiger partial charge in [0.05, 0.1) is 5.97 Å². The van der Waals surface area contributed by atoms with Crippen LogP contribution < -0.4 is 20.5 Å². The average Bonchev–Trinajstić information content (AvgIpc) is 2.25. The van der Waals surface area contributed by atoms with Gasteiger partial charge in [0.1, 0.15) is 6.61 Å². The third-order valence-corrected chi connectivity index (χ3v) is 1.69. The lowest BCUT2D eigenvalue weighted by atomic mass is 10.4. The van der Waals surface area contributed by atoms with E-state index in [2.05, 4.69) is 25.6 Å². The van der Waals surface area contributed by atoms with Gasteiger partial charge in [0, 0.05) is 12.6 Å². The maximum Gasteiger partial charge on any atom is 0.323 e. The smallest absolute Gasteiger partial charge is 0.323 e. The number of carbonyl (C=O) groups excluding carboxylic acids is 1. The Balaban J connectivity index is 2.86. The van der Waals surface area contributed by atoms with Gasteiger partial charge in [-0.1, -0.05) is 0 Å². The van der Waals surface area contributed by atoms with Crippen LogP contribution in [0.1, 0.15) is 20.8 Å². The van der Waals surface area contributed by atoms with Crippen LogP contribution in [-0.4, -0.2) is 40.1 Å². The first kappa shape index (κ1) is 13.9. The van der Waals surface area contributed by atoms with E-state index in [4.69, 9.17) is 4.74 Å². The van der Waals surface area contributed by atoms with Gasteiger partial charge in [0.2, 0.25) is 11.9 Å². The number of nitrogens with zero attached hydrogens (tertiary/aromatic N) is 3. The zero-order valence-corrected chi connectivity index (χ0v) is 10.6. The van der Waals surface area contributed by atoms with Crippen molar-refractivity contribution >= 4 is 17.9 Å². The van der Waals surface area contributed by atoms with E-state index in [9.17, 15) is 9.90 Å². The minimum Gasteiger partial charge on any atom is -0.546 e. The van der Waals surface area contributed by atoms with Crippen LogP contribution >= 0.6 is 0 Å². The standard InChI is InChI=1S/C10H17N5O3/c1-4-11-8-13-9(12-6(2)3)15-10(14-8)18-5-7(16)17/h6H,4-5H2,1-3H3,(H,16,17)(H2,11,12,13,14,15)/p-1. The van der Waals surface area contributed by atoms with Crippen molar-refractivity contribution in [1.29, 1.82) is 0 Å². The molecule has 0 radical (unpaired) electrons. The van der Waals surface area contributed by atoms with Gasteiger partial charge in [0.25, 0.3) is 0 Å². The fourth-order valence-electron chi connectivity index (χ4n) is 1.10. The zero-order chi connectivity index (χ0) is 13.5. The molecule has 0 saturated carbocycles. The van der Waals surface area contributed by atoms with Gasteiger partial charge in [0.15, 0.2) is 0 Å². The van der Waals surface area contributed by atoms with Crippen molar-refractivity contribution in [3.05, 3.63) is 0 Å². The third kappa shape index (κ3) is 4.81. The minimum absolute atomic E-state index is 0.0618. The topological polar surface area (TPSA) is 112 Å². The molecule has 1 rings (SSSR count). The van der Waals surface area contributed by atoms with E-state index in [1.165, 1.54) is 0 Å². The molecule has 8 nitrogen and oxygen atoms in total. The maximum atomic E-state index is 10.3. The van der Waals surface area contributed by atoms with Crippen molar-refractivity contribution in [2.45, 2.75) is 26.8 Å². The number of aliphatic carboxylic acids is 1. The first-order valence-electron chi connectivity index (χ1n) is 5.60. The molecule has 0 amide bonds. The summed E-state index contributed by atoms with van der Waals surface area (Å²) in [5, 5.41) is 16.2. The van der Waals surface area contributed by atoms with Gasteiger partial charge in [-0.3, -0.25) is 0 Å². The molecule has 1 aromatic heterocycles. The number of nitrogens with one attached hydrogen (secondary N) is 2. The fraction of sp³-hybridized carbons (Fsp3) is 0.600. The molecule has 0 fully saturated rings. The molecule has 0 saturated heterocycles. The SMILES string of the molecule is CCNc1nc(NC(C)C)nc(OCC(=O)[O-])n1. The Kier molecular flexibility index (Phi) is 5.09. The van der Waals surface area contributed by atoms with Crippen LogP contribution in [0.4, 0.5) is 11.9 Å². The number of carbonyl (C=O) groups is 1. The van der Waals surface area contributed by atoms with Gasteiger partial charge in [-0.25, -0.2) is 0 Å². The van der Waals surface area contributed by atoms with Crippen molar-refractivity contribution in [2.24, 2.45) is 0 Å². The van der Waals surface area contributed by atoms with Gasteiger partial charge in [-0.2, -0.15) is 15.0 Å². The lowest BCUT2D eigenvalue weighted by molar-refractivity contribution is -0.307. The first-order chi connectivity index (χ1) is 8.51. The van der Waals surface area contributed by atoms with Crippen LogP contribution in [0.25, 0.3) is 0 Å². The second-order valence-electron chi connectivity index (χ2n) is 3.76. The van der Waals surface area contributed by atoms with E-state index in [1.54, 1.807) is 0 Å². The quantitative estimate of drug-likeness (QED) is 0.653. The maximum absolute atomic E-state index is 10.3. The molecule has 0 spiro atoms. The Hall–Kier alpha value is -2.12. The number of hydrogen-bond donors (Lipinski definition) is 2. The number of carboxylic acids is 1. The molecule has 0 unspecified atom stereocenters. The van der Waals surface area contributed by atoms with E-state index in [0.717, 1.165) is 0 Å². The highest BCUT2D eigenvalue weighted by atomic mass is 16.5. The van der Waals surface area contributed by atoms with E-state index in [-0.39, 0.29) is 12.1 Å². The van der Waals surface area contributed by atoms with Gasteiger partial charge in [-0.05, 0) is 20.8 Å². The summed E-state index contributed by atoms with van der Waals surface area (Å²) in [6.45, 7) is 5.78. The average molecular weight is 254 g/mol. The molecule has 0 aliphatic heterocycles. The first-order valence-corrected chi connectivity index (χ1v) is 5.60. The van der Waals surface area contributed by atoms with Crippen LogP contribution in [0.3, 0.4) is 0 Å². The number of aromatic nitrogens is 3. The summed E-state index contributed by atoms with van der Waals surface area (Å²) < 4.78 is 4.87. The zero-order valence-electron chi connectivity index (χ0n) is 10.6. The molecule has 0 atom stereocenters. The van der Waals surface area contributed by atoms with Gasteiger partial charge >= 0.3 is 6.01 Å². The van der Waals surface area contributed by atoms with Crippen molar-refractivity contribution in [1.82, 2.24) is 15.0 Å². The summed E-state index contributed by atoms with van der Waals surface area (Å²) in [6.07, 6.45) is 0.